The third kappa shape index (κ3) is 3.68. The highest BCUT2D eigenvalue weighted by Crippen LogP contribution is 2.42. The number of ether oxygens (including phenoxy) is 1. The maximum absolute atomic E-state index is 6.08. The van der Waals surface area contributed by atoms with Gasteiger partial charge >= 0.3 is 0 Å². The van der Waals surface area contributed by atoms with E-state index in [1.165, 1.54) is 4.88 Å². The van der Waals surface area contributed by atoms with Crippen LogP contribution in [0.15, 0.2) is 54.9 Å². The van der Waals surface area contributed by atoms with Crippen LogP contribution >= 0.6 is 22.9 Å². The van der Waals surface area contributed by atoms with Crippen molar-refractivity contribution in [1.82, 2.24) is 9.97 Å². The number of nitrogens with one attached hydrogen (secondary N) is 1. The van der Waals surface area contributed by atoms with Gasteiger partial charge in [-0.3, -0.25) is 0 Å². The molecule has 0 atom stereocenters. The third-order valence-corrected chi connectivity index (χ3v) is 5.57. The number of thiophene rings is 1. The van der Waals surface area contributed by atoms with Crippen molar-refractivity contribution in [3.05, 3.63) is 64.8 Å². The topological polar surface area (TPSA) is 47.0 Å². The van der Waals surface area contributed by atoms with Gasteiger partial charge < -0.3 is 10.1 Å². The number of aromatic nitrogens is 2. The van der Waals surface area contributed by atoms with Crippen LogP contribution in [0.2, 0.25) is 5.02 Å². The molecular formula is C22H20ClN3OS. The Morgan fingerprint density at radius 3 is 2.54 bits per heavy atom. The van der Waals surface area contributed by atoms with Crippen LogP contribution in [0.25, 0.3) is 21.3 Å². The second-order valence-electron chi connectivity index (χ2n) is 6.73. The average molecular weight is 410 g/mol. The average Bonchev–Trinajstić information content (AvgIpc) is 3.00. The van der Waals surface area contributed by atoms with Crippen LogP contribution in [0.1, 0.15) is 18.7 Å². The van der Waals surface area contributed by atoms with Crippen LogP contribution in [0.4, 0.5) is 11.5 Å². The number of fused-ring (bicyclic) bond motifs is 1. The molecule has 1 N–H and O–H groups in total. The smallest absolute Gasteiger partial charge is 0.143 e. The summed E-state index contributed by atoms with van der Waals surface area (Å²) in [6.07, 6.45) is 1.68. The molecule has 0 saturated heterocycles. The molecule has 0 spiro atoms. The molecule has 0 fully saturated rings. The first-order chi connectivity index (χ1) is 13.5. The SMILES string of the molecule is Cc1sc2ncnc(Nc3ccccc3OC(C)C)c2c1-c1ccc(Cl)cc1. The normalized spacial score (nSPS) is 11.2. The maximum Gasteiger partial charge on any atom is 0.143 e. The van der Waals surface area contributed by atoms with Gasteiger partial charge in [-0.25, -0.2) is 9.97 Å². The van der Waals surface area contributed by atoms with E-state index in [2.05, 4.69) is 22.2 Å². The Bertz CT molecular complexity index is 1120. The summed E-state index contributed by atoms with van der Waals surface area (Å²) in [7, 11) is 0. The lowest BCUT2D eigenvalue weighted by atomic mass is 10.0. The van der Waals surface area contributed by atoms with E-state index in [1.807, 2.05) is 62.4 Å². The van der Waals surface area contributed by atoms with Crippen molar-refractivity contribution in [3.8, 4) is 16.9 Å². The number of hydrogen-bond donors (Lipinski definition) is 1. The molecule has 4 rings (SSSR count). The van der Waals surface area contributed by atoms with Crippen molar-refractivity contribution in [3.63, 3.8) is 0 Å². The molecule has 6 heteroatoms. The Hall–Kier alpha value is -2.63. The minimum atomic E-state index is 0.0846. The van der Waals surface area contributed by atoms with Gasteiger partial charge in [0.1, 0.15) is 22.7 Å². The van der Waals surface area contributed by atoms with Gasteiger partial charge in [0, 0.05) is 15.5 Å². The molecule has 0 aliphatic carbocycles. The lowest BCUT2D eigenvalue weighted by Crippen LogP contribution is -2.07. The Morgan fingerprint density at radius 1 is 1.04 bits per heavy atom. The van der Waals surface area contributed by atoms with E-state index in [0.29, 0.717) is 0 Å². The summed E-state index contributed by atoms with van der Waals surface area (Å²) in [6, 6.07) is 15.8. The Kier molecular flexibility index (Phi) is 5.20. The quantitative estimate of drug-likeness (QED) is 0.391. The van der Waals surface area contributed by atoms with E-state index in [0.717, 1.165) is 43.6 Å². The zero-order valence-corrected chi connectivity index (χ0v) is 17.4. The standard InChI is InChI=1S/C22H20ClN3OS/c1-13(2)27-18-7-5-4-6-17(18)26-21-20-19(15-8-10-16(23)11-9-15)14(3)28-22(20)25-12-24-21/h4-13H,1-3H3,(H,24,25,26). The lowest BCUT2D eigenvalue weighted by molar-refractivity contribution is 0.244. The van der Waals surface area contributed by atoms with Crippen molar-refractivity contribution >= 4 is 44.7 Å². The van der Waals surface area contributed by atoms with E-state index >= 15 is 0 Å². The van der Waals surface area contributed by atoms with Crippen LogP contribution in [0.5, 0.6) is 5.75 Å². The van der Waals surface area contributed by atoms with Crippen LogP contribution < -0.4 is 10.1 Å². The van der Waals surface area contributed by atoms with E-state index in [-0.39, 0.29) is 6.10 Å². The second kappa shape index (κ2) is 7.78. The molecule has 2 aromatic carbocycles. The number of anilines is 2. The highest BCUT2D eigenvalue weighted by Gasteiger charge is 2.18. The van der Waals surface area contributed by atoms with Gasteiger partial charge in [0.25, 0.3) is 0 Å². The van der Waals surface area contributed by atoms with Crippen LogP contribution in [0.3, 0.4) is 0 Å². The number of hydrogen-bond acceptors (Lipinski definition) is 5. The van der Waals surface area contributed by atoms with Gasteiger partial charge in [-0.1, -0.05) is 35.9 Å². The highest BCUT2D eigenvalue weighted by atomic mass is 35.5. The largest absolute Gasteiger partial charge is 0.489 e. The molecular weight excluding hydrogens is 390 g/mol. The molecule has 0 aliphatic rings. The summed E-state index contributed by atoms with van der Waals surface area (Å²) in [4.78, 5) is 11.2. The molecule has 0 bridgehead atoms. The number of halogens is 1. The van der Waals surface area contributed by atoms with Gasteiger partial charge in [-0.2, -0.15) is 0 Å². The molecule has 0 amide bonds. The van der Waals surface area contributed by atoms with Gasteiger partial charge in [0.05, 0.1) is 17.2 Å². The molecule has 0 saturated carbocycles. The van der Waals surface area contributed by atoms with Crippen molar-refractivity contribution < 1.29 is 4.74 Å². The first-order valence-electron chi connectivity index (χ1n) is 9.05. The van der Waals surface area contributed by atoms with Gasteiger partial charge in [-0.15, -0.1) is 11.3 Å². The van der Waals surface area contributed by atoms with Gasteiger partial charge in [0.2, 0.25) is 0 Å². The molecule has 4 nitrogen and oxygen atoms in total. The summed E-state index contributed by atoms with van der Waals surface area (Å²) < 4.78 is 5.94. The fourth-order valence-electron chi connectivity index (χ4n) is 3.16. The number of nitrogens with zero attached hydrogens (tertiary/aromatic N) is 2. The minimum Gasteiger partial charge on any atom is -0.489 e. The van der Waals surface area contributed by atoms with Crippen molar-refractivity contribution in [2.75, 3.05) is 5.32 Å². The van der Waals surface area contributed by atoms with Crippen molar-refractivity contribution in [2.45, 2.75) is 26.9 Å². The second-order valence-corrected chi connectivity index (χ2v) is 8.37. The Labute approximate surface area is 173 Å². The Morgan fingerprint density at radius 2 is 1.79 bits per heavy atom. The zero-order chi connectivity index (χ0) is 19.7. The van der Waals surface area contributed by atoms with E-state index < -0.39 is 0 Å². The first kappa shape index (κ1) is 18.7. The number of rotatable bonds is 5. The summed E-state index contributed by atoms with van der Waals surface area (Å²) in [5, 5.41) is 5.18. The maximum atomic E-state index is 6.08. The monoisotopic (exact) mass is 409 g/mol. The summed E-state index contributed by atoms with van der Waals surface area (Å²) in [5.74, 6) is 1.56. The van der Waals surface area contributed by atoms with Crippen LogP contribution in [0, 0.1) is 6.92 Å². The molecule has 0 unspecified atom stereocenters. The number of benzene rings is 2. The van der Waals surface area contributed by atoms with Crippen molar-refractivity contribution in [1.29, 1.82) is 0 Å². The minimum absolute atomic E-state index is 0.0846. The summed E-state index contributed by atoms with van der Waals surface area (Å²) >= 11 is 7.74. The molecule has 0 radical (unpaired) electrons. The number of aryl methyl sites for hydroxylation is 1. The third-order valence-electron chi connectivity index (χ3n) is 4.30. The highest BCUT2D eigenvalue weighted by molar-refractivity contribution is 7.19. The molecule has 2 heterocycles. The zero-order valence-electron chi connectivity index (χ0n) is 15.9. The van der Waals surface area contributed by atoms with E-state index in [4.69, 9.17) is 16.3 Å². The predicted octanol–water partition coefficient (Wildman–Crippen LogP) is 6.85. The molecule has 0 aliphatic heterocycles. The summed E-state index contributed by atoms with van der Waals surface area (Å²) in [5.41, 5.74) is 3.10. The van der Waals surface area contributed by atoms with Crippen molar-refractivity contribution in [2.24, 2.45) is 0 Å². The van der Waals surface area contributed by atoms with E-state index in [1.54, 1.807) is 17.7 Å². The van der Waals surface area contributed by atoms with Gasteiger partial charge in [0.15, 0.2) is 0 Å². The van der Waals surface area contributed by atoms with Crippen LogP contribution in [-0.2, 0) is 0 Å². The van der Waals surface area contributed by atoms with Crippen LogP contribution in [-0.4, -0.2) is 16.1 Å². The molecule has 142 valence electrons. The fourth-order valence-corrected chi connectivity index (χ4v) is 4.30. The lowest BCUT2D eigenvalue weighted by Gasteiger charge is -2.15. The molecule has 2 aromatic heterocycles. The Balaban J connectivity index is 1.84. The number of para-hydroxylation sites is 2. The first-order valence-corrected chi connectivity index (χ1v) is 10.2. The molecule has 28 heavy (non-hydrogen) atoms. The van der Waals surface area contributed by atoms with Gasteiger partial charge in [-0.05, 0) is 50.6 Å². The summed E-state index contributed by atoms with van der Waals surface area (Å²) in [6.45, 7) is 6.14. The molecule has 4 aromatic rings. The predicted molar refractivity (Wildman–Crippen MR) is 118 cm³/mol. The van der Waals surface area contributed by atoms with E-state index in [9.17, 15) is 0 Å². The fraction of sp³-hybridized carbons (Fsp3) is 0.182.